The van der Waals surface area contributed by atoms with Crippen LogP contribution in [-0.4, -0.2) is 17.0 Å². The number of carbonyl (C=O) groups is 1. The molecule has 3 N–H and O–H groups in total. The molecular weight excluding hydrogens is 190 g/mol. The lowest BCUT2D eigenvalue weighted by Gasteiger charge is -2.34. The van der Waals surface area contributed by atoms with Crippen LogP contribution in [-0.2, 0) is 10.3 Å². The summed E-state index contributed by atoms with van der Waals surface area (Å²) in [6.07, 6.45) is 1.04. The van der Waals surface area contributed by atoms with Gasteiger partial charge >= 0.3 is 0 Å². The van der Waals surface area contributed by atoms with E-state index in [9.17, 15) is 9.90 Å². The second kappa shape index (κ2) is 3.76. The number of hydrogen-bond donors (Lipinski definition) is 2. The Bertz CT molecular complexity index is 363. The first-order chi connectivity index (χ1) is 7.14. The third kappa shape index (κ3) is 1.68. The van der Waals surface area contributed by atoms with Gasteiger partial charge in [-0.3, -0.25) is 4.79 Å². The van der Waals surface area contributed by atoms with E-state index in [1.165, 1.54) is 0 Å². The van der Waals surface area contributed by atoms with E-state index in [0.29, 0.717) is 12.8 Å². The number of rotatable bonds is 1. The summed E-state index contributed by atoms with van der Waals surface area (Å²) in [6, 6.07) is 9.29. The fourth-order valence-corrected chi connectivity index (χ4v) is 2.15. The van der Waals surface area contributed by atoms with Crippen LogP contribution in [0.4, 0.5) is 0 Å². The largest absolute Gasteiger partial charge is 0.385 e. The molecule has 15 heavy (non-hydrogen) atoms. The Balaban J connectivity index is 2.37. The molecule has 0 amide bonds. The summed E-state index contributed by atoms with van der Waals surface area (Å²) in [5.74, 6) is -0.250. The van der Waals surface area contributed by atoms with Gasteiger partial charge in [0.1, 0.15) is 11.6 Å². The lowest BCUT2D eigenvalue weighted by Crippen LogP contribution is -2.52. The van der Waals surface area contributed by atoms with Crippen LogP contribution < -0.4 is 5.73 Å². The molecule has 0 saturated heterocycles. The Hall–Kier alpha value is -1.19. The number of aliphatic hydroxyl groups excluding tert-OH is 1. The third-order valence-corrected chi connectivity index (χ3v) is 3.08. The van der Waals surface area contributed by atoms with Gasteiger partial charge in [0.15, 0.2) is 5.78 Å². The highest BCUT2D eigenvalue weighted by atomic mass is 16.3. The molecule has 0 bridgehead atoms. The Labute approximate surface area is 88.9 Å². The molecule has 80 valence electrons. The van der Waals surface area contributed by atoms with Crippen molar-refractivity contribution in [2.24, 2.45) is 5.73 Å². The van der Waals surface area contributed by atoms with Crippen LogP contribution in [0.3, 0.4) is 0 Å². The van der Waals surface area contributed by atoms with Crippen molar-refractivity contribution < 1.29 is 9.90 Å². The highest BCUT2D eigenvalue weighted by Crippen LogP contribution is 2.31. The predicted molar refractivity (Wildman–Crippen MR) is 57.2 cm³/mol. The van der Waals surface area contributed by atoms with E-state index >= 15 is 0 Å². The SMILES string of the molecule is N[C@@]1(c2ccccc2)CCC[C@@H](O)C1=O. The Morgan fingerprint density at radius 2 is 2.00 bits per heavy atom. The van der Waals surface area contributed by atoms with E-state index in [1.807, 2.05) is 30.3 Å². The summed E-state index contributed by atoms with van der Waals surface area (Å²) in [6.45, 7) is 0. The summed E-state index contributed by atoms with van der Waals surface area (Å²) in [5.41, 5.74) is 5.92. The molecule has 1 fully saturated rings. The van der Waals surface area contributed by atoms with E-state index in [4.69, 9.17) is 5.73 Å². The third-order valence-electron chi connectivity index (χ3n) is 3.08. The number of aliphatic hydroxyl groups is 1. The zero-order valence-electron chi connectivity index (χ0n) is 8.52. The first kappa shape index (κ1) is 10.3. The molecule has 0 aliphatic heterocycles. The molecule has 0 heterocycles. The van der Waals surface area contributed by atoms with Crippen LogP contribution in [0.1, 0.15) is 24.8 Å². The number of carbonyl (C=O) groups excluding carboxylic acids is 1. The number of Topliss-reactive ketones (excluding diaryl/α,β-unsaturated/α-hetero) is 1. The first-order valence-electron chi connectivity index (χ1n) is 5.21. The van der Waals surface area contributed by atoms with Crippen molar-refractivity contribution in [2.75, 3.05) is 0 Å². The summed E-state index contributed by atoms with van der Waals surface area (Å²) in [5, 5.41) is 9.55. The van der Waals surface area contributed by atoms with E-state index in [-0.39, 0.29) is 5.78 Å². The topological polar surface area (TPSA) is 63.3 Å². The van der Waals surface area contributed by atoms with Crippen molar-refractivity contribution in [3.8, 4) is 0 Å². The molecular formula is C12H15NO2. The number of benzene rings is 1. The van der Waals surface area contributed by atoms with Gasteiger partial charge < -0.3 is 10.8 Å². The van der Waals surface area contributed by atoms with Gasteiger partial charge in [-0.1, -0.05) is 30.3 Å². The molecule has 1 saturated carbocycles. The average molecular weight is 205 g/mol. The highest BCUT2D eigenvalue weighted by molar-refractivity contribution is 5.93. The molecule has 0 unspecified atom stereocenters. The monoisotopic (exact) mass is 205 g/mol. The van der Waals surface area contributed by atoms with Gasteiger partial charge in [0.05, 0.1) is 0 Å². The van der Waals surface area contributed by atoms with E-state index in [2.05, 4.69) is 0 Å². The molecule has 2 atom stereocenters. The zero-order chi connectivity index (χ0) is 10.9. The van der Waals surface area contributed by atoms with Crippen molar-refractivity contribution in [3.05, 3.63) is 35.9 Å². The minimum absolute atomic E-state index is 0.250. The van der Waals surface area contributed by atoms with Crippen molar-refractivity contribution >= 4 is 5.78 Å². The second-order valence-electron chi connectivity index (χ2n) is 4.11. The summed E-state index contributed by atoms with van der Waals surface area (Å²) < 4.78 is 0. The molecule has 1 aliphatic rings. The van der Waals surface area contributed by atoms with Gasteiger partial charge in [-0.05, 0) is 24.8 Å². The molecule has 3 nitrogen and oxygen atoms in total. The molecule has 2 rings (SSSR count). The standard InChI is InChI=1S/C12H15NO2/c13-12(9-5-2-1-3-6-9)8-4-7-10(14)11(12)15/h1-3,5-6,10,14H,4,7-8,13H2/t10-,12-/m1/s1. The zero-order valence-corrected chi connectivity index (χ0v) is 8.52. The lowest BCUT2D eigenvalue weighted by molar-refractivity contribution is -0.136. The van der Waals surface area contributed by atoms with E-state index in [1.54, 1.807) is 0 Å². The minimum atomic E-state index is -0.987. The Kier molecular flexibility index (Phi) is 2.59. The second-order valence-corrected chi connectivity index (χ2v) is 4.11. The van der Waals surface area contributed by atoms with Crippen LogP contribution in [0, 0.1) is 0 Å². The van der Waals surface area contributed by atoms with Crippen molar-refractivity contribution in [1.29, 1.82) is 0 Å². The number of nitrogens with two attached hydrogens (primary N) is 1. The predicted octanol–water partition coefficient (Wildman–Crippen LogP) is 0.955. The van der Waals surface area contributed by atoms with Gasteiger partial charge in [0.25, 0.3) is 0 Å². The molecule has 0 aromatic heterocycles. The Morgan fingerprint density at radius 1 is 1.33 bits per heavy atom. The Morgan fingerprint density at radius 3 is 2.67 bits per heavy atom. The van der Waals surface area contributed by atoms with Gasteiger partial charge in [0.2, 0.25) is 0 Å². The van der Waals surface area contributed by atoms with Gasteiger partial charge in [0, 0.05) is 0 Å². The highest BCUT2D eigenvalue weighted by Gasteiger charge is 2.42. The van der Waals surface area contributed by atoms with Crippen LogP contribution in [0.15, 0.2) is 30.3 Å². The smallest absolute Gasteiger partial charge is 0.185 e. The van der Waals surface area contributed by atoms with Gasteiger partial charge in [-0.15, -0.1) is 0 Å². The molecule has 3 heteroatoms. The molecule has 0 spiro atoms. The minimum Gasteiger partial charge on any atom is -0.385 e. The number of ketones is 1. The van der Waals surface area contributed by atoms with Crippen LogP contribution in [0.25, 0.3) is 0 Å². The lowest BCUT2D eigenvalue weighted by atomic mass is 9.75. The quantitative estimate of drug-likeness (QED) is 0.717. The molecule has 1 aliphatic carbocycles. The maximum absolute atomic E-state index is 11.9. The van der Waals surface area contributed by atoms with Crippen LogP contribution in [0.5, 0.6) is 0 Å². The van der Waals surface area contributed by atoms with Crippen molar-refractivity contribution in [3.63, 3.8) is 0 Å². The van der Waals surface area contributed by atoms with Gasteiger partial charge in [-0.2, -0.15) is 0 Å². The van der Waals surface area contributed by atoms with Crippen LogP contribution >= 0.6 is 0 Å². The molecule has 1 aromatic rings. The fraction of sp³-hybridized carbons (Fsp3) is 0.417. The summed E-state index contributed by atoms with van der Waals surface area (Å²) in [7, 11) is 0. The van der Waals surface area contributed by atoms with Gasteiger partial charge in [-0.25, -0.2) is 0 Å². The maximum Gasteiger partial charge on any atom is 0.185 e. The normalized spacial score (nSPS) is 31.6. The van der Waals surface area contributed by atoms with Crippen LogP contribution in [0.2, 0.25) is 0 Å². The average Bonchev–Trinajstić information content (AvgIpc) is 2.27. The number of hydrogen-bond acceptors (Lipinski definition) is 3. The maximum atomic E-state index is 11.9. The molecule has 1 aromatic carbocycles. The van der Waals surface area contributed by atoms with Crippen molar-refractivity contribution in [1.82, 2.24) is 0 Å². The summed E-state index contributed by atoms with van der Waals surface area (Å²) in [4.78, 5) is 11.9. The first-order valence-corrected chi connectivity index (χ1v) is 5.21. The summed E-state index contributed by atoms with van der Waals surface area (Å²) >= 11 is 0. The van der Waals surface area contributed by atoms with E-state index in [0.717, 1.165) is 12.0 Å². The van der Waals surface area contributed by atoms with E-state index < -0.39 is 11.6 Å². The van der Waals surface area contributed by atoms with Crippen molar-refractivity contribution in [2.45, 2.75) is 30.9 Å². The molecule has 0 radical (unpaired) electrons. The fourth-order valence-electron chi connectivity index (χ4n) is 2.15.